The van der Waals surface area contributed by atoms with E-state index in [0.29, 0.717) is 17.1 Å². The first-order valence-corrected chi connectivity index (χ1v) is 8.24. The van der Waals surface area contributed by atoms with Crippen molar-refractivity contribution in [2.45, 2.75) is 0 Å². The number of allylic oxidation sites excluding steroid dienone is 1. The number of thioether (sulfide) groups is 1. The monoisotopic (exact) mass is 329 g/mol. The van der Waals surface area contributed by atoms with E-state index in [-0.39, 0.29) is 5.78 Å². The number of rotatable bonds is 7. The van der Waals surface area contributed by atoms with Crippen LogP contribution in [0.2, 0.25) is 0 Å². The topological polar surface area (TPSA) is 47.6 Å². The van der Waals surface area contributed by atoms with Crippen LogP contribution in [0.4, 0.5) is 5.69 Å². The summed E-state index contributed by atoms with van der Waals surface area (Å²) in [5.74, 6) is 1.34. The van der Waals surface area contributed by atoms with E-state index in [1.165, 1.54) is 11.8 Å². The summed E-state index contributed by atoms with van der Waals surface area (Å²) in [7, 11) is 3.21. The van der Waals surface area contributed by atoms with E-state index in [2.05, 4.69) is 5.32 Å². The maximum absolute atomic E-state index is 12.3. The molecule has 0 unspecified atom stereocenters. The van der Waals surface area contributed by atoms with Crippen LogP contribution in [-0.4, -0.2) is 26.3 Å². The molecule has 23 heavy (non-hydrogen) atoms. The van der Waals surface area contributed by atoms with Crippen LogP contribution < -0.4 is 14.8 Å². The Kier molecular flexibility index (Phi) is 6.11. The maximum atomic E-state index is 12.3. The van der Waals surface area contributed by atoms with Crippen LogP contribution >= 0.6 is 11.8 Å². The lowest BCUT2D eigenvalue weighted by Gasteiger charge is -2.13. The zero-order chi connectivity index (χ0) is 16.7. The second kappa shape index (κ2) is 8.29. The molecule has 0 amide bonds. The fourth-order valence-corrected chi connectivity index (χ4v) is 2.43. The summed E-state index contributed by atoms with van der Waals surface area (Å²) in [6, 6.07) is 14.6. The van der Waals surface area contributed by atoms with Gasteiger partial charge in [0.2, 0.25) is 0 Å². The molecule has 0 heterocycles. The Morgan fingerprint density at radius 1 is 1.09 bits per heavy atom. The molecule has 1 N–H and O–H groups in total. The van der Waals surface area contributed by atoms with Crippen molar-refractivity contribution >= 4 is 23.2 Å². The number of nitrogens with one attached hydrogen (secondary N) is 1. The van der Waals surface area contributed by atoms with E-state index in [1.807, 2.05) is 42.7 Å². The minimum absolute atomic E-state index is 0.0516. The van der Waals surface area contributed by atoms with Crippen molar-refractivity contribution in [2.75, 3.05) is 25.8 Å². The van der Waals surface area contributed by atoms with Gasteiger partial charge in [0.25, 0.3) is 0 Å². The van der Waals surface area contributed by atoms with Gasteiger partial charge in [-0.3, -0.25) is 4.79 Å². The molecule has 0 radical (unpaired) electrons. The highest BCUT2D eigenvalue weighted by Crippen LogP contribution is 2.31. The van der Waals surface area contributed by atoms with Gasteiger partial charge in [-0.2, -0.15) is 0 Å². The molecule has 2 aromatic carbocycles. The predicted molar refractivity (Wildman–Crippen MR) is 95.5 cm³/mol. The molecule has 0 aromatic heterocycles. The van der Waals surface area contributed by atoms with Crippen molar-refractivity contribution in [1.82, 2.24) is 0 Å². The predicted octanol–water partition coefficient (Wildman–Crippen LogP) is 4.20. The van der Waals surface area contributed by atoms with Gasteiger partial charge in [0.15, 0.2) is 5.78 Å². The molecule has 0 bridgehead atoms. The molecular formula is C18H19NO3S. The Hall–Kier alpha value is -2.40. The molecule has 120 valence electrons. The number of anilines is 1. The molecule has 2 rings (SSSR count). The quantitative estimate of drug-likeness (QED) is 0.609. The van der Waals surface area contributed by atoms with Crippen LogP contribution in [-0.2, 0) is 0 Å². The number of benzene rings is 2. The Morgan fingerprint density at radius 2 is 1.83 bits per heavy atom. The number of hydrogen-bond acceptors (Lipinski definition) is 5. The van der Waals surface area contributed by atoms with E-state index < -0.39 is 0 Å². The van der Waals surface area contributed by atoms with Crippen LogP contribution in [0.15, 0.2) is 59.6 Å². The van der Waals surface area contributed by atoms with Gasteiger partial charge in [-0.05, 0) is 18.4 Å². The minimum Gasteiger partial charge on any atom is -0.497 e. The Labute approximate surface area is 140 Å². The Morgan fingerprint density at radius 3 is 2.43 bits per heavy atom. The van der Waals surface area contributed by atoms with Crippen LogP contribution in [0.25, 0.3) is 0 Å². The van der Waals surface area contributed by atoms with Gasteiger partial charge in [-0.25, -0.2) is 0 Å². The van der Waals surface area contributed by atoms with Gasteiger partial charge in [-0.1, -0.05) is 30.3 Å². The molecule has 2 aromatic rings. The molecular weight excluding hydrogens is 310 g/mol. The van der Waals surface area contributed by atoms with Crippen LogP contribution in [0.3, 0.4) is 0 Å². The number of hydrogen-bond donors (Lipinski definition) is 1. The molecule has 0 spiro atoms. The summed E-state index contributed by atoms with van der Waals surface area (Å²) in [6.07, 6.45) is 3.49. The smallest absolute Gasteiger partial charge is 0.188 e. The SMILES string of the molecule is COc1ccc(OC)c(N/C(=C/C(=O)c2ccccc2)SC)c1. The first kappa shape index (κ1) is 17.0. The lowest BCUT2D eigenvalue weighted by atomic mass is 10.1. The lowest BCUT2D eigenvalue weighted by Crippen LogP contribution is -2.03. The summed E-state index contributed by atoms with van der Waals surface area (Å²) in [5.41, 5.74) is 1.40. The largest absolute Gasteiger partial charge is 0.497 e. The van der Waals surface area contributed by atoms with E-state index in [4.69, 9.17) is 9.47 Å². The summed E-state index contributed by atoms with van der Waals surface area (Å²) >= 11 is 1.45. The van der Waals surface area contributed by atoms with Crippen LogP contribution in [0, 0.1) is 0 Å². The highest BCUT2D eigenvalue weighted by Gasteiger charge is 2.09. The lowest BCUT2D eigenvalue weighted by molar-refractivity contribution is 0.104. The van der Waals surface area contributed by atoms with Crippen LogP contribution in [0.5, 0.6) is 11.5 Å². The average Bonchev–Trinajstić information content (AvgIpc) is 2.61. The first-order valence-electron chi connectivity index (χ1n) is 7.02. The van der Waals surface area contributed by atoms with Crippen LogP contribution in [0.1, 0.15) is 10.4 Å². The Balaban J connectivity index is 2.25. The molecule has 0 saturated heterocycles. The van der Waals surface area contributed by atoms with E-state index in [1.54, 1.807) is 32.4 Å². The van der Waals surface area contributed by atoms with Crippen molar-refractivity contribution < 1.29 is 14.3 Å². The molecule has 0 aliphatic heterocycles. The highest BCUT2D eigenvalue weighted by atomic mass is 32.2. The standard InChI is InChI=1S/C18H19NO3S/c1-21-14-9-10-17(22-2)15(11-14)19-18(23-3)12-16(20)13-7-5-4-6-8-13/h4-12,19H,1-3H3/b18-12-. The first-order chi connectivity index (χ1) is 11.2. The summed E-state index contributed by atoms with van der Waals surface area (Å²) in [6.45, 7) is 0. The number of carbonyl (C=O) groups excluding carboxylic acids is 1. The van der Waals surface area contributed by atoms with Crippen molar-refractivity contribution in [3.05, 3.63) is 65.2 Å². The normalized spacial score (nSPS) is 11.0. The van der Waals surface area contributed by atoms with Gasteiger partial charge in [0.05, 0.1) is 24.9 Å². The summed E-state index contributed by atoms with van der Waals surface area (Å²) in [5, 5.41) is 3.95. The number of carbonyl (C=O) groups is 1. The molecule has 4 nitrogen and oxygen atoms in total. The van der Waals surface area contributed by atoms with Crippen molar-refractivity contribution in [3.63, 3.8) is 0 Å². The van der Waals surface area contributed by atoms with E-state index in [9.17, 15) is 4.79 Å². The molecule has 0 aliphatic rings. The highest BCUT2D eigenvalue weighted by molar-refractivity contribution is 8.02. The number of methoxy groups -OCH3 is 2. The fraction of sp³-hybridized carbons (Fsp3) is 0.167. The van der Waals surface area contributed by atoms with Crippen molar-refractivity contribution in [1.29, 1.82) is 0 Å². The van der Waals surface area contributed by atoms with Gasteiger partial charge in [0.1, 0.15) is 11.5 Å². The van der Waals surface area contributed by atoms with Crippen molar-refractivity contribution in [2.24, 2.45) is 0 Å². The van der Waals surface area contributed by atoms with Gasteiger partial charge in [-0.15, -0.1) is 11.8 Å². The third-order valence-electron chi connectivity index (χ3n) is 3.20. The number of ether oxygens (including phenoxy) is 2. The minimum atomic E-state index is -0.0516. The zero-order valence-electron chi connectivity index (χ0n) is 13.3. The van der Waals surface area contributed by atoms with E-state index >= 15 is 0 Å². The van der Waals surface area contributed by atoms with E-state index in [0.717, 1.165) is 10.7 Å². The molecule has 0 aliphatic carbocycles. The molecule has 0 saturated carbocycles. The second-order valence-corrected chi connectivity index (χ2v) is 5.48. The average molecular weight is 329 g/mol. The Bertz CT molecular complexity index is 699. The summed E-state index contributed by atoms with van der Waals surface area (Å²) < 4.78 is 10.6. The third kappa shape index (κ3) is 4.53. The van der Waals surface area contributed by atoms with Gasteiger partial charge in [0, 0.05) is 17.7 Å². The van der Waals surface area contributed by atoms with Gasteiger partial charge < -0.3 is 14.8 Å². The van der Waals surface area contributed by atoms with Crippen molar-refractivity contribution in [3.8, 4) is 11.5 Å². The number of ketones is 1. The molecule has 0 atom stereocenters. The van der Waals surface area contributed by atoms with Gasteiger partial charge >= 0.3 is 0 Å². The second-order valence-electron chi connectivity index (χ2n) is 4.63. The summed E-state index contributed by atoms with van der Waals surface area (Å²) in [4.78, 5) is 12.3. The fourth-order valence-electron chi connectivity index (χ4n) is 2.00. The maximum Gasteiger partial charge on any atom is 0.188 e. The molecule has 5 heteroatoms. The third-order valence-corrected chi connectivity index (χ3v) is 3.86. The molecule has 0 fully saturated rings. The zero-order valence-corrected chi connectivity index (χ0v) is 14.1.